The molecule has 3 aromatic rings. The van der Waals surface area contributed by atoms with Crippen LogP contribution >= 0.6 is 0 Å². The number of hydrogen-bond donors (Lipinski definition) is 1. The zero-order chi connectivity index (χ0) is 28.1. The molecule has 2 saturated heterocycles. The van der Waals surface area contributed by atoms with Gasteiger partial charge >= 0.3 is 0 Å². The van der Waals surface area contributed by atoms with E-state index < -0.39 is 0 Å². The SMILES string of the molecule is Cc1cnc(Nc2ccc(N3CCC(CN(C)CCN4CCOCC4)CC3)c(F)c2)nc1-c1cnn(C(C)C)c1. The van der Waals surface area contributed by atoms with E-state index in [2.05, 4.69) is 51.0 Å². The first-order valence-corrected chi connectivity index (χ1v) is 14.5. The van der Waals surface area contributed by atoms with E-state index in [0.717, 1.165) is 88.7 Å². The summed E-state index contributed by atoms with van der Waals surface area (Å²) in [4.78, 5) is 16.2. The second-order valence-electron chi connectivity index (χ2n) is 11.5. The van der Waals surface area contributed by atoms with Crippen molar-refractivity contribution in [1.82, 2.24) is 29.5 Å². The lowest BCUT2D eigenvalue weighted by atomic mass is 9.95. The van der Waals surface area contributed by atoms with E-state index in [-0.39, 0.29) is 11.9 Å². The Bertz CT molecular complexity index is 1250. The van der Waals surface area contributed by atoms with Gasteiger partial charge in [-0.2, -0.15) is 5.10 Å². The van der Waals surface area contributed by atoms with Crippen LogP contribution in [0, 0.1) is 18.7 Å². The molecule has 1 N–H and O–H groups in total. The van der Waals surface area contributed by atoms with Crippen molar-refractivity contribution in [3.05, 3.63) is 48.2 Å². The minimum atomic E-state index is -0.225. The Balaban J connectivity index is 1.14. The van der Waals surface area contributed by atoms with E-state index in [1.54, 1.807) is 12.3 Å². The van der Waals surface area contributed by atoms with Crippen LogP contribution in [0.25, 0.3) is 11.3 Å². The molecule has 9 nitrogen and oxygen atoms in total. The zero-order valence-electron chi connectivity index (χ0n) is 24.3. The van der Waals surface area contributed by atoms with Gasteiger partial charge in [-0.25, -0.2) is 14.4 Å². The van der Waals surface area contributed by atoms with Gasteiger partial charge in [0.1, 0.15) is 5.82 Å². The highest BCUT2D eigenvalue weighted by Gasteiger charge is 2.23. The van der Waals surface area contributed by atoms with Gasteiger partial charge in [0.2, 0.25) is 5.95 Å². The van der Waals surface area contributed by atoms with E-state index in [0.29, 0.717) is 23.2 Å². The second-order valence-corrected chi connectivity index (χ2v) is 11.5. The van der Waals surface area contributed by atoms with Gasteiger partial charge in [0.25, 0.3) is 0 Å². The number of piperidine rings is 1. The molecular formula is C30H43FN8O. The molecule has 0 atom stereocenters. The fourth-order valence-corrected chi connectivity index (χ4v) is 5.53. The maximum atomic E-state index is 15.3. The number of likely N-dealkylation sites (N-methyl/N-ethyl adjacent to an activating group) is 1. The number of benzene rings is 1. The Morgan fingerprint density at radius 1 is 1.12 bits per heavy atom. The second kappa shape index (κ2) is 13.1. The maximum Gasteiger partial charge on any atom is 0.227 e. The summed E-state index contributed by atoms with van der Waals surface area (Å²) in [5.74, 6) is 0.857. The number of anilines is 3. The minimum absolute atomic E-state index is 0.225. The Morgan fingerprint density at radius 2 is 1.90 bits per heavy atom. The van der Waals surface area contributed by atoms with Gasteiger partial charge in [0.05, 0.1) is 30.8 Å². The lowest BCUT2D eigenvalue weighted by Crippen LogP contribution is -2.42. The zero-order valence-corrected chi connectivity index (χ0v) is 24.3. The summed E-state index contributed by atoms with van der Waals surface area (Å²) >= 11 is 0. The predicted molar refractivity (Wildman–Crippen MR) is 158 cm³/mol. The van der Waals surface area contributed by atoms with Crippen molar-refractivity contribution in [3.63, 3.8) is 0 Å². The molecule has 0 spiro atoms. The molecular weight excluding hydrogens is 507 g/mol. The van der Waals surface area contributed by atoms with Gasteiger partial charge in [0.15, 0.2) is 0 Å². The van der Waals surface area contributed by atoms with Crippen LogP contribution in [-0.2, 0) is 4.74 Å². The molecule has 2 aliphatic rings. The van der Waals surface area contributed by atoms with E-state index >= 15 is 4.39 Å². The first-order chi connectivity index (χ1) is 19.4. The van der Waals surface area contributed by atoms with E-state index in [4.69, 9.17) is 9.72 Å². The number of nitrogens with one attached hydrogen (secondary N) is 1. The van der Waals surface area contributed by atoms with Crippen LogP contribution in [0.3, 0.4) is 0 Å². The van der Waals surface area contributed by atoms with Crippen LogP contribution in [-0.4, -0.2) is 95.6 Å². The molecule has 5 rings (SSSR count). The van der Waals surface area contributed by atoms with Crippen molar-refractivity contribution < 1.29 is 9.13 Å². The van der Waals surface area contributed by atoms with E-state index in [1.165, 1.54) is 0 Å². The van der Waals surface area contributed by atoms with E-state index in [9.17, 15) is 0 Å². The monoisotopic (exact) mass is 550 g/mol. The average Bonchev–Trinajstić information content (AvgIpc) is 3.45. The van der Waals surface area contributed by atoms with Gasteiger partial charge in [-0.1, -0.05) is 0 Å². The number of morpholine rings is 1. The summed E-state index contributed by atoms with van der Waals surface area (Å²) in [5, 5.41) is 7.61. The molecule has 0 unspecified atom stereocenters. The number of halogens is 1. The molecule has 0 saturated carbocycles. The Kier molecular flexibility index (Phi) is 9.29. The summed E-state index contributed by atoms with van der Waals surface area (Å²) in [6.07, 6.45) is 7.75. The number of aromatic nitrogens is 4. The predicted octanol–water partition coefficient (Wildman–Crippen LogP) is 4.59. The van der Waals surface area contributed by atoms with Crippen molar-refractivity contribution in [3.8, 4) is 11.3 Å². The number of nitrogens with zero attached hydrogens (tertiary/aromatic N) is 7. The summed E-state index contributed by atoms with van der Waals surface area (Å²) in [7, 11) is 2.22. The van der Waals surface area contributed by atoms with Crippen LogP contribution in [0.1, 0.15) is 38.3 Å². The van der Waals surface area contributed by atoms with Crippen molar-refractivity contribution in [1.29, 1.82) is 0 Å². The maximum absolute atomic E-state index is 15.3. The largest absolute Gasteiger partial charge is 0.379 e. The average molecular weight is 551 g/mol. The molecule has 0 amide bonds. The Morgan fingerprint density at radius 3 is 2.60 bits per heavy atom. The van der Waals surface area contributed by atoms with Crippen LogP contribution in [0.5, 0.6) is 0 Å². The fraction of sp³-hybridized carbons (Fsp3) is 0.567. The molecule has 40 heavy (non-hydrogen) atoms. The number of hydrogen-bond acceptors (Lipinski definition) is 8. The standard InChI is InChI=1S/C30H43FN8O/c1-22(2)39-21-25(19-33-39)29-23(3)18-32-30(35-29)34-26-5-6-28(27(31)17-26)38-9-7-24(8-10-38)20-36(4)11-12-37-13-15-40-16-14-37/h5-6,17-19,21-22,24H,7-16,20H2,1-4H3,(H,32,34,35). The van der Waals surface area contributed by atoms with Gasteiger partial charge < -0.3 is 19.9 Å². The van der Waals surface area contributed by atoms with Crippen molar-refractivity contribution in [2.45, 2.75) is 39.7 Å². The quantitative estimate of drug-likeness (QED) is 0.393. The summed E-state index contributed by atoms with van der Waals surface area (Å²) in [6, 6.07) is 5.59. The molecule has 0 bridgehead atoms. The highest BCUT2D eigenvalue weighted by atomic mass is 19.1. The van der Waals surface area contributed by atoms with Crippen LogP contribution in [0.2, 0.25) is 0 Å². The fourth-order valence-electron chi connectivity index (χ4n) is 5.53. The van der Waals surface area contributed by atoms with Crippen LogP contribution in [0.15, 0.2) is 36.8 Å². The Labute approximate surface area is 237 Å². The highest BCUT2D eigenvalue weighted by molar-refractivity contribution is 5.65. The molecule has 0 radical (unpaired) electrons. The molecule has 2 aliphatic heterocycles. The number of ether oxygens (including phenoxy) is 1. The first kappa shape index (κ1) is 28.4. The topological polar surface area (TPSA) is 74.6 Å². The third-order valence-electron chi connectivity index (χ3n) is 8.01. The van der Waals surface area contributed by atoms with Crippen molar-refractivity contribution in [2.75, 3.05) is 76.3 Å². The molecule has 4 heterocycles. The smallest absolute Gasteiger partial charge is 0.227 e. The summed E-state index contributed by atoms with van der Waals surface area (Å²) in [5.41, 5.74) is 4.00. The minimum Gasteiger partial charge on any atom is -0.379 e. The summed E-state index contributed by atoms with van der Waals surface area (Å²) < 4.78 is 22.6. The molecule has 216 valence electrons. The van der Waals surface area contributed by atoms with Gasteiger partial charge in [-0.15, -0.1) is 0 Å². The van der Waals surface area contributed by atoms with Gasteiger partial charge in [-0.3, -0.25) is 9.58 Å². The number of aryl methyl sites for hydroxylation is 1. The lowest BCUT2D eigenvalue weighted by Gasteiger charge is -2.36. The van der Waals surface area contributed by atoms with Crippen molar-refractivity contribution in [2.24, 2.45) is 5.92 Å². The third kappa shape index (κ3) is 7.16. The molecule has 1 aromatic carbocycles. The van der Waals surface area contributed by atoms with Gasteiger partial charge in [-0.05, 0) is 70.3 Å². The molecule has 2 aromatic heterocycles. The molecule has 0 aliphatic carbocycles. The van der Waals surface area contributed by atoms with Crippen LogP contribution < -0.4 is 10.2 Å². The van der Waals surface area contributed by atoms with E-state index in [1.807, 2.05) is 36.1 Å². The van der Waals surface area contributed by atoms with Crippen LogP contribution in [0.4, 0.5) is 21.7 Å². The van der Waals surface area contributed by atoms with Gasteiger partial charge in [0, 0.05) is 75.5 Å². The number of rotatable bonds is 10. The normalized spacial score (nSPS) is 17.2. The molecule has 2 fully saturated rings. The van der Waals surface area contributed by atoms with Crippen molar-refractivity contribution >= 4 is 17.3 Å². The molecule has 10 heteroatoms. The highest BCUT2D eigenvalue weighted by Crippen LogP contribution is 2.29. The first-order valence-electron chi connectivity index (χ1n) is 14.5. The Hall–Kier alpha value is -3.08. The lowest BCUT2D eigenvalue weighted by molar-refractivity contribution is 0.0337. The third-order valence-corrected chi connectivity index (χ3v) is 8.01. The summed E-state index contributed by atoms with van der Waals surface area (Å²) in [6.45, 7) is 15.0.